The van der Waals surface area contributed by atoms with Crippen LogP contribution < -0.4 is 0 Å². The zero-order valence-corrected chi connectivity index (χ0v) is 12.6. The van der Waals surface area contributed by atoms with Crippen molar-refractivity contribution in [2.24, 2.45) is 0 Å². The first kappa shape index (κ1) is 12.9. The molecule has 0 amide bonds. The Bertz CT molecular complexity index is 592. The molecule has 0 radical (unpaired) electrons. The van der Waals surface area contributed by atoms with Gasteiger partial charge in [0, 0.05) is 0 Å². The molecule has 98 valence electrons. The van der Waals surface area contributed by atoms with Crippen molar-refractivity contribution in [2.75, 3.05) is 0 Å². The highest BCUT2D eigenvalue weighted by Gasteiger charge is 2.17. The van der Waals surface area contributed by atoms with E-state index in [9.17, 15) is 0 Å². The summed E-state index contributed by atoms with van der Waals surface area (Å²) in [4.78, 5) is 0.259. The van der Waals surface area contributed by atoms with Gasteiger partial charge in [-0.05, 0) is 34.2 Å². The minimum Gasteiger partial charge on any atom is -0.372 e. The van der Waals surface area contributed by atoms with E-state index in [4.69, 9.17) is 4.74 Å². The fraction of sp³-hybridized carbons (Fsp3) is 0.294. The fourth-order valence-electron chi connectivity index (χ4n) is 2.63. The molecular formula is C17H17BrO. The molecule has 1 nitrogen and oxygen atoms in total. The number of hydrogen-bond acceptors (Lipinski definition) is 1. The van der Waals surface area contributed by atoms with E-state index in [1.54, 1.807) is 0 Å². The summed E-state index contributed by atoms with van der Waals surface area (Å²) < 4.78 is 5.48. The van der Waals surface area contributed by atoms with Gasteiger partial charge < -0.3 is 4.74 Å². The second kappa shape index (κ2) is 5.48. The molecule has 19 heavy (non-hydrogen) atoms. The Balaban J connectivity index is 1.97. The normalized spacial score (nSPS) is 15.3. The standard InChI is InChI=1S/C17H17BrO/c1-2-12-5-3-4-6-16(12)17(18)13-7-8-14-10-19-11-15(14)9-13/h3-9,17H,2,10-11H2,1H3. The van der Waals surface area contributed by atoms with Crippen molar-refractivity contribution in [1.82, 2.24) is 0 Å². The molecule has 0 saturated heterocycles. The van der Waals surface area contributed by atoms with Gasteiger partial charge >= 0.3 is 0 Å². The Hall–Kier alpha value is -1.12. The molecule has 0 bridgehead atoms. The minimum absolute atomic E-state index is 0.259. The van der Waals surface area contributed by atoms with Gasteiger partial charge in [-0.25, -0.2) is 0 Å². The van der Waals surface area contributed by atoms with Crippen molar-refractivity contribution < 1.29 is 4.74 Å². The second-order valence-corrected chi connectivity index (χ2v) is 5.85. The zero-order valence-electron chi connectivity index (χ0n) is 11.0. The van der Waals surface area contributed by atoms with Crippen molar-refractivity contribution >= 4 is 15.9 Å². The van der Waals surface area contributed by atoms with Gasteiger partial charge in [0.05, 0.1) is 18.0 Å². The zero-order chi connectivity index (χ0) is 13.2. The van der Waals surface area contributed by atoms with E-state index in [1.165, 1.54) is 27.8 Å². The highest BCUT2D eigenvalue weighted by Crippen LogP contribution is 2.35. The lowest BCUT2D eigenvalue weighted by Crippen LogP contribution is -1.99. The van der Waals surface area contributed by atoms with Gasteiger partial charge in [-0.1, -0.05) is 65.3 Å². The number of fused-ring (bicyclic) bond motifs is 1. The number of halogens is 1. The summed E-state index contributed by atoms with van der Waals surface area (Å²) in [6, 6.07) is 15.3. The summed E-state index contributed by atoms with van der Waals surface area (Å²) in [7, 11) is 0. The van der Waals surface area contributed by atoms with Crippen LogP contribution in [0.2, 0.25) is 0 Å². The van der Waals surface area contributed by atoms with Gasteiger partial charge in [0.25, 0.3) is 0 Å². The molecular weight excluding hydrogens is 300 g/mol. The van der Waals surface area contributed by atoms with Crippen LogP contribution in [0.4, 0.5) is 0 Å². The summed E-state index contributed by atoms with van der Waals surface area (Å²) in [6.07, 6.45) is 1.06. The number of rotatable bonds is 3. The highest BCUT2D eigenvalue weighted by molar-refractivity contribution is 9.09. The van der Waals surface area contributed by atoms with Gasteiger partial charge in [-0.3, -0.25) is 0 Å². The average Bonchev–Trinajstić information content (AvgIpc) is 2.93. The summed E-state index contributed by atoms with van der Waals surface area (Å²) >= 11 is 3.85. The molecule has 0 saturated carbocycles. The smallest absolute Gasteiger partial charge is 0.0725 e. The van der Waals surface area contributed by atoms with E-state index in [-0.39, 0.29) is 4.83 Å². The average molecular weight is 317 g/mol. The monoisotopic (exact) mass is 316 g/mol. The molecule has 1 aliphatic heterocycles. The molecule has 0 aliphatic carbocycles. The highest BCUT2D eigenvalue weighted by atomic mass is 79.9. The molecule has 2 aromatic rings. The van der Waals surface area contributed by atoms with E-state index in [0.29, 0.717) is 0 Å². The number of aryl methyl sites for hydroxylation is 1. The lowest BCUT2D eigenvalue weighted by molar-refractivity contribution is 0.134. The summed E-state index contributed by atoms with van der Waals surface area (Å²) in [5, 5.41) is 0. The van der Waals surface area contributed by atoms with Crippen LogP contribution in [0.3, 0.4) is 0 Å². The van der Waals surface area contributed by atoms with E-state index >= 15 is 0 Å². The molecule has 1 atom stereocenters. The fourth-order valence-corrected chi connectivity index (χ4v) is 3.36. The molecule has 0 aromatic heterocycles. The first-order chi connectivity index (χ1) is 9.29. The van der Waals surface area contributed by atoms with Crippen molar-refractivity contribution in [3.8, 4) is 0 Å². The van der Waals surface area contributed by atoms with Gasteiger partial charge in [-0.15, -0.1) is 0 Å². The number of alkyl halides is 1. The molecule has 1 unspecified atom stereocenters. The molecule has 2 heteroatoms. The van der Waals surface area contributed by atoms with E-state index in [2.05, 4.69) is 65.3 Å². The quantitative estimate of drug-likeness (QED) is 0.741. The molecule has 3 rings (SSSR count). The molecule has 0 fully saturated rings. The van der Waals surface area contributed by atoms with Crippen LogP contribution in [0, 0.1) is 0 Å². The van der Waals surface area contributed by atoms with Crippen molar-refractivity contribution in [3.05, 3.63) is 70.3 Å². The van der Waals surface area contributed by atoms with Crippen LogP contribution >= 0.6 is 15.9 Å². The SMILES string of the molecule is CCc1ccccc1C(Br)c1ccc2c(c1)COC2. The third-order valence-corrected chi connectivity index (χ3v) is 4.77. The Morgan fingerprint density at radius 2 is 1.89 bits per heavy atom. The Kier molecular flexibility index (Phi) is 3.72. The minimum atomic E-state index is 0.259. The summed E-state index contributed by atoms with van der Waals surface area (Å²) in [5.41, 5.74) is 6.73. The van der Waals surface area contributed by atoms with Crippen LogP contribution in [0.5, 0.6) is 0 Å². The van der Waals surface area contributed by atoms with Crippen molar-refractivity contribution in [1.29, 1.82) is 0 Å². The number of benzene rings is 2. The van der Waals surface area contributed by atoms with Crippen LogP contribution in [-0.2, 0) is 24.4 Å². The van der Waals surface area contributed by atoms with E-state index in [1.807, 2.05) is 0 Å². The van der Waals surface area contributed by atoms with E-state index < -0.39 is 0 Å². The van der Waals surface area contributed by atoms with Crippen molar-refractivity contribution in [3.63, 3.8) is 0 Å². The molecule has 1 heterocycles. The van der Waals surface area contributed by atoms with Crippen molar-refractivity contribution in [2.45, 2.75) is 31.4 Å². The molecule has 1 aliphatic rings. The van der Waals surface area contributed by atoms with Crippen LogP contribution in [0.25, 0.3) is 0 Å². The lowest BCUT2D eigenvalue weighted by Gasteiger charge is -2.15. The maximum atomic E-state index is 5.48. The molecule has 2 aromatic carbocycles. The maximum Gasteiger partial charge on any atom is 0.0725 e. The summed E-state index contributed by atoms with van der Waals surface area (Å²) in [6.45, 7) is 3.71. The van der Waals surface area contributed by atoms with Crippen LogP contribution in [0.15, 0.2) is 42.5 Å². The van der Waals surface area contributed by atoms with Gasteiger partial charge in [0.2, 0.25) is 0 Å². The Morgan fingerprint density at radius 3 is 2.74 bits per heavy atom. The third kappa shape index (κ3) is 2.47. The predicted molar refractivity (Wildman–Crippen MR) is 81.5 cm³/mol. The lowest BCUT2D eigenvalue weighted by atomic mass is 9.96. The van der Waals surface area contributed by atoms with Gasteiger partial charge in [0.1, 0.15) is 0 Å². The van der Waals surface area contributed by atoms with E-state index in [0.717, 1.165) is 19.6 Å². The van der Waals surface area contributed by atoms with Crippen LogP contribution in [-0.4, -0.2) is 0 Å². The van der Waals surface area contributed by atoms with Crippen LogP contribution in [0.1, 0.15) is 39.6 Å². The largest absolute Gasteiger partial charge is 0.372 e. The van der Waals surface area contributed by atoms with Gasteiger partial charge in [-0.2, -0.15) is 0 Å². The Morgan fingerprint density at radius 1 is 1.11 bits per heavy atom. The topological polar surface area (TPSA) is 9.23 Å². The second-order valence-electron chi connectivity index (χ2n) is 4.94. The first-order valence-electron chi connectivity index (χ1n) is 6.71. The molecule has 0 N–H and O–H groups in total. The molecule has 0 spiro atoms. The number of hydrogen-bond donors (Lipinski definition) is 0. The Labute approximate surface area is 122 Å². The maximum absolute atomic E-state index is 5.48. The predicted octanol–water partition coefficient (Wildman–Crippen LogP) is 4.76. The first-order valence-corrected chi connectivity index (χ1v) is 7.62. The van der Waals surface area contributed by atoms with Gasteiger partial charge in [0.15, 0.2) is 0 Å². The third-order valence-electron chi connectivity index (χ3n) is 3.75. The summed E-state index contributed by atoms with van der Waals surface area (Å²) in [5.74, 6) is 0. The number of ether oxygens (including phenoxy) is 1.